The van der Waals surface area contributed by atoms with Crippen LogP contribution in [0.25, 0.3) is 0 Å². The molecule has 6 heteroatoms. The fourth-order valence-corrected chi connectivity index (χ4v) is 4.70. The molecule has 1 aliphatic rings. The number of amides is 2. The quantitative estimate of drug-likeness (QED) is 0.425. The van der Waals surface area contributed by atoms with Gasteiger partial charge in [-0.2, -0.15) is 0 Å². The highest BCUT2D eigenvalue weighted by atomic mass is 35.5. The summed E-state index contributed by atoms with van der Waals surface area (Å²) >= 11 is 6.05. The number of rotatable bonds is 7. The molecule has 0 aromatic heterocycles. The molecule has 0 aliphatic carbocycles. The van der Waals surface area contributed by atoms with Gasteiger partial charge in [-0.25, -0.2) is 0 Å². The van der Waals surface area contributed by atoms with E-state index in [0.29, 0.717) is 29.4 Å². The number of hydrogen-bond donors (Lipinski definition) is 1. The van der Waals surface area contributed by atoms with Gasteiger partial charge in [0.1, 0.15) is 5.75 Å². The first kappa shape index (κ1) is 24.8. The minimum Gasteiger partial charge on any atom is -0.481 e. The van der Waals surface area contributed by atoms with E-state index in [4.69, 9.17) is 16.3 Å². The van der Waals surface area contributed by atoms with Gasteiger partial charge >= 0.3 is 0 Å². The molecular formula is C29H31ClN2O3. The average molecular weight is 491 g/mol. The third kappa shape index (κ3) is 5.68. The van der Waals surface area contributed by atoms with Gasteiger partial charge in [-0.1, -0.05) is 74.8 Å². The molecule has 0 radical (unpaired) electrons. The number of benzene rings is 3. The van der Waals surface area contributed by atoms with E-state index in [0.717, 1.165) is 17.5 Å². The molecule has 1 N–H and O–H groups in total. The van der Waals surface area contributed by atoms with Crippen molar-refractivity contribution in [2.24, 2.45) is 5.92 Å². The monoisotopic (exact) mass is 490 g/mol. The second kappa shape index (κ2) is 11.0. The maximum atomic E-state index is 13.1. The van der Waals surface area contributed by atoms with E-state index in [1.165, 1.54) is 5.56 Å². The summed E-state index contributed by atoms with van der Waals surface area (Å²) in [4.78, 5) is 28.0. The Hall–Kier alpha value is -3.31. The van der Waals surface area contributed by atoms with Crippen LogP contribution in [-0.4, -0.2) is 29.4 Å². The normalized spacial score (nSPS) is 15.9. The van der Waals surface area contributed by atoms with Gasteiger partial charge < -0.3 is 15.0 Å². The van der Waals surface area contributed by atoms with Crippen LogP contribution in [0.4, 0.5) is 5.69 Å². The first-order valence-electron chi connectivity index (χ1n) is 12.1. The summed E-state index contributed by atoms with van der Waals surface area (Å²) in [6.45, 7) is 6.45. The van der Waals surface area contributed by atoms with Crippen molar-refractivity contribution in [3.8, 4) is 5.75 Å². The summed E-state index contributed by atoms with van der Waals surface area (Å²) in [6.07, 6.45) is 0.618. The van der Waals surface area contributed by atoms with Crippen LogP contribution in [0.2, 0.25) is 5.02 Å². The Morgan fingerprint density at radius 3 is 2.51 bits per heavy atom. The number of anilines is 1. The van der Waals surface area contributed by atoms with Crippen LogP contribution in [0.3, 0.4) is 0 Å². The molecule has 35 heavy (non-hydrogen) atoms. The van der Waals surface area contributed by atoms with E-state index in [9.17, 15) is 9.59 Å². The summed E-state index contributed by atoms with van der Waals surface area (Å²) in [5.41, 5.74) is 3.92. The van der Waals surface area contributed by atoms with Crippen LogP contribution in [0.1, 0.15) is 49.9 Å². The highest BCUT2D eigenvalue weighted by Crippen LogP contribution is 2.38. The van der Waals surface area contributed by atoms with E-state index < -0.39 is 6.10 Å². The van der Waals surface area contributed by atoms with Crippen LogP contribution in [0.5, 0.6) is 5.75 Å². The standard InChI is InChI=1S/C29H31ClN2O3/c1-4-26(28(33)31-23-12-8-11-22(30)17-23)35-24-14-13-20-15-16-32(29(34)19(2)3)27(25(20)18-24)21-9-6-5-7-10-21/h5-14,17-19,26-27H,4,15-16H2,1-3H3,(H,31,33). The van der Waals surface area contributed by atoms with Gasteiger partial charge in [0.05, 0.1) is 6.04 Å². The van der Waals surface area contributed by atoms with Crippen molar-refractivity contribution < 1.29 is 14.3 Å². The van der Waals surface area contributed by atoms with Gasteiger partial charge in [-0.05, 0) is 59.9 Å². The van der Waals surface area contributed by atoms with Gasteiger partial charge in [0.2, 0.25) is 5.91 Å². The maximum Gasteiger partial charge on any atom is 0.265 e. The average Bonchev–Trinajstić information content (AvgIpc) is 2.86. The zero-order valence-electron chi connectivity index (χ0n) is 20.3. The van der Waals surface area contributed by atoms with Crippen molar-refractivity contribution in [3.63, 3.8) is 0 Å². The minimum absolute atomic E-state index is 0.0955. The van der Waals surface area contributed by atoms with Gasteiger partial charge in [0.15, 0.2) is 6.10 Å². The zero-order valence-corrected chi connectivity index (χ0v) is 21.1. The van der Waals surface area contributed by atoms with Crippen LogP contribution in [0, 0.1) is 5.92 Å². The lowest BCUT2D eigenvalue weighted by Gasteiger charge is -2.39. The van der Waals surface area contributed by atoms with Crippen molar-refractivity contribution in [1.29, 1.82) is 0 Å². The lowest BCUT2D eigenvalue weighted by molar-refractivity contribution is -0.136. The largest absolute Gasteiger partial charge is 0.481 e. The Kier molecular flexibility index (Phi) is 7.76. The molecule has 0 bridgehead atoms. The predicted octanol–water partition coefficient (Wildman–Crippen LogP) is 6.27. The van der Waals surface area contributed by atoms with Crippen molar-refractivity contribution >= 4 is 29.1 Å². The third-order valence-corrected chi connectivity index (χ3v) is 6.51. The van der Waals surface area contributed by atoms with Crippen molar-refractivity contribution in [3.05, 3.63) is 94.5 Å². The fraction of sp³-hybridized carbons (Fsp3) is 0.310. The van der Waals surface area contributed by atoms with E-state index in [2.05, 4.69) is 23.5 Å². The lowest BCUT2D eigenvalue weighted by atomic mass is 9.87. The predicted molar refractivity (Wildman–Crippen MR) is 140 cm³/mol. The molecule has 0 saturated heterocycles. The van der Waals surface area contributed by atoms with E-state index in [1.54, 1.807) is 24.3 Å². The second-order valence-corrected chi connectivity index (χ2v) is 9.56. The molecule has 0 saturated carbocycles. The molecule has 1 heterocycles. The van der Waals surface area contributed by atoms with Crippen LogP contribution < -0.4 is 10.1 Å². The highest BCUT2D eigenvalue weighted by Gasteiger charge is 2.33. The molecule has 0 spiro atoms. The number of nitrogens with one attached hydrogen (secondary N) is 1. The lowest BCUT2D eigenvalue weighted by Crippen LogP contribution is -2.42. The first-order chi connectivity index (χ1) is 16.9. The van der Waals surface area contributed by atoms with Gasteiger partial charge in [-0.15, -0.1) is 0 Å². The molecule has 1 aliphatic heterocycles. The van der Waals surface area contributed by atoms with E-state index in [1.807, 2.05) is 56.0 Å². The molecule has 5 nitrogen and oxygen atoms in total. The van der Waals surface area contributed by atoms with Crippen molar-refractivity contribution in [2.75, 3.05) is 11.9 Å². The second-order valence-electron chi connectivity index (χ2n) is 9.12. The fourth-order valence-electron chi connectivity index (χ4n) is 4.51. The SMILES string of the molecule is CCC(Oc1ccc2c(c1)C(c1ccccc1)N(C(=O)C(C)C)CC2)C(=O)Nc1cccc(Cl)c1. The number of carbonyl (C=O) groups excluding carboxylic acids is 2. The van der Waals surface area contributed by atoms with Gasteiger partial charge in [0, 0.05) is 23.2 Å². The molecule has 2 atom stereocenters. The van der Waals surface area contributed by atoms with Crippen LogP contribution in [-0.2, 0) is 16.0 Å². The Morgan fingerprint density at radius 2 is 1.83 bits per heavy atom. The Labute approximate surface area is 212 Å². The van der Waals surface area contributed by atoms with Crippen molar-refractivity contribution in [1.82, 2.24) is 4.90 Å². The molecule has 182 valence electrons. The molecule has 3 aromatic rings. The Bertz CT molecular complexity index is 1200. The van der Waals surface area contributed by atoms with Gasteiger partial charge in [0.25, 0.3) is 5.91 Å². The molecular weight excluding hydrogens is 460 g/mol. The van der Waals surface area contributed by atoms with Crippen LogP contribution in [0.15, 0.2) is 72.8 Å². The number of nitrogens with zero attached hydrogens (tertiary/aromatic N) is 1. The number of hydrogen-bond acceptors (Lipinski definition) is 3. The summed E-state index contributed by atoms with van der Waals surface area (Å²) in [7, 11) is 0. The topological polar surface area (TPSA) is 58.6 Å². The van der Waals surface area contributed by atoms with Crippen molar-refractivity contribution in [2.45, 2.75) is 45.8 Å². The highest BCUT2D eigenvalue weighted by molar-refractivity contribution is 6.30. The van der Waals surface area contributed by atoms with Gasteiger partial charge in [-0.3, -0.25) is 9.59 Å². The number of halogens is 1. The summed E-state index contributed by atoms with van der Waals surface area (Å²) < 4.78 is 6.17. The minimum atomic E-state index is -0.667. The maximum absolute atomic E-state index is 13.1. The molecule has 3 aromatic carbocycles. The Morgan fingerprint density at radius 1 is 1.06 bits per heavy atom. The molecule has 2 amide bonds. The summed E-state index contributed by atoms with van der Waals surface area (Å²) in [5.74, 6) is 0.408. The molecule has 0 fully saturated rings. The Balaban J connectivity index is 1.62. The van der Waals surface area contributed by atoms with E-state index >= 15 is 0 Å². The molecule has 4 rings (SSSR count). The number of carbonyl (C=O) groups is 2. The summed E-state index contributed by atoms with van der Waals surface area (Å²) in [6, 6.07) is 22.9. The van der Waals surface area contributed by atoms with E-state index in [-0.39, 0.29) is 23.8 Å². The zero-order chi connectivity index (χ0) is 24.9. The molecule has 2 unspecified atom stereocenters. The van der Waals surface area contributed by atoms with Crippen LogP contribution >= 0.6 is 11.6 Å². The first-order valence-corrected chi connectivity index (χ1v) is 12.5. The third-order valence-electron chi connectivity index (χ3n) is 6.27. The number of ether oxygens (including phenoxy) is 1. The smallest absolute Gasteiger partial charge is 0.265 e. The summed E-state index contributed by atoms with van der Waals surface area (Å²) in [5, 5.41) is 3.44. The number of fused-ring (bicyclic) bond motifs is 1.